The van der Waals surface area contributed by atoms with Crippen molar-refractivity contribution in [3.63, 3.8) is 0 Å². The third-order valence-corrected chi connectivity index (χ3v) is 7.68. The highest BCUT2D eigenvalue weighted by Gasteiger charge is 2.51. The number of unbranched alkanes of at least 4 members (excludes halogenated alkanes) is 1. The number of methoxy groups -OCH3 is 1. The summed E-state index contributed by atoms with van der Waals surface area (Å²) in [4.78, 5) is 30.8. The van der Waals surface area contributed by atoms with Crippen LogP contribution in [0.5, 0.6) is 11.5 Å². The maximum atomic E-state index is 13.5. The molecule has 0 spiro atoms. The number of hydrogen-bond donors (Lipinski definition) is 4. The number of nitrogens with zero attached hydrogens (tertiary/aromatic N) is 2. The van der Waals surface area contributed by atoms with Crippen molar-refractivity contribution in [1.29, 1.82) is 0 Å². The van der Waals surface area contributed by atoms with E-state index in [2.05, 4.69) is 10.2 Å². The van der Waals surface area contributed by atoms with Crippen molar-refractivity contribution < 1.29 is 39.1 Å². The Labute approximate surface area is 229 Å². The van der Waals surface area contributed by atoms with E-state index in [4.69, 9.17) is 14.2 Å². The normalized spacial score (nSPS) is 24.3. The van der Waals surface area contributed by atoms with Gasteiger partial charge in [0.15, 0.2) is 11.5 Å². The standard InChI is InChI=1S/C28H41N3O8/c1-3-4-5-23(34)31(8-7-30-9-12-38-13-10-30)21-16-20(28(36)29-6-11-32)24-19-14-18(17-33)15-22(37-2)26(19)39-27(24)25(21)35/h14-16,21,24-25,27,32-33,35H,3-13,17H2,1-2H3,(H,29,36). The molecule has 2 heterocycles. The second kappa shape index (κ2) is 13.6. The van der Waals surface area contributed by atoms with Gasteiger partial charge in [0.1, 0.15) is 12.2 Å². The number of aliphatic hydroxyl groups excluding tert-OH is 3. The lowest BCUT2D eigenvalue weighted by molar-refractivity contribution is -0.137. The highest BCUT2D eigenvalue weighted by Crippen LogP contribution is 2.51. The van der Waals surface area contributed by atoms with E-state index < -0.39 is 30.1 Å². The number of morpholine rings is 1. The number of rotatable bonds is 12. The molecule has 1 aromatic carbocycles. The summed E-state index contributed by atoms with van der Waals surface area (Å²) >= 11 is 0. The molecule has 1 aromatic rings. The smallest absolute Gasteiger partial charge is 0.247 e. The zero-order chi connectivity index (χ0) is 27.9. The summed E-state index contributed by atoms with van der Waals surface area (Å²) in [6.45, 7) is 5.44. The minimum Gasteiger partial charge on any atom is -0.493 e. The molecule has 4 atom stereocenters. The van der Waals surface area contributed by atoms with E-state index in [0.717, 1.165) is 25.9 Å². The van der Waals surface area contributed by atoms with Gasteiger partial charge < -0.3 is 39.7 Å². The number of ether oxygens (including phenoxy) is 3. The Kier molecular flexibility index (Phi) is 10.2. The molecule has 39 heavy (non-hydrogen) atoms. The molecule has 11 heteroatoms. The average molecular weight is 548 g/mol. The number of fused-ring (bicyclic) bond motifs is 3. The van der Waals surface area contributed by atoms with Gasteiger partial charge in [0.25, 0.3) is 0 Å². The predicted octanol–water partition coefficient (Wildman–Crippen LogP) is 0.161. The van der Waals surface area contributed by atoms with Crippen molar-refractivity contribution in [3.05, 3.63) is 34.9 Å². The molecule has 0 saturated carbocycles. The van der Waals surface area contributed by atoms with Crippen LogP contribution in [0.1, 0.15) is 43.2 Å². The summed E-state index contributed by atoms with van der Waals surface area (Å²) in [6.07, 6.45) is 1.63. The van der Waals surface area contributed by atoms with E-state index in [-0.39, 0.29) is 25.7 Å². The second-order valence-electron chi connectivity index (χ2n) is 10.2. The van der Waals surface area contributed by atoms with Gasteiger partial charge in [0.05, 0.1) is 45.5 Å². The fourth-order valence-corrected chi connectivity index (χ4v) is 5.60. The van der Waals surface area contributed by atoms with Crippen molar-refractivity contribution >= 4 is 11.8 Å². The Hall–Kier alpha value is -2.70. The van der Waals surface area contributed by atoms with Crippen molar-refractivity contribution in [2.45, 2.75) is 57.0 Å². The van der Waals surface area contributed by atoms with Gasteiger partial charge in [-0.25, -0.2) is 0 Å². The Morgan fingerprint density at radius 3 is 2.67 bits per heavy atom. The summed E-state index contributed by atoms with van der Waals surface area (Å²) in [7, 11) is 1.49. The summed E-state index contributed by atoms with van der Waals surface area (Å²) in [6, 6.07) is 2.63. The minimum absolute atomic E-state index is 0.0602. The molecule has 216 valence electrons. The van der Waals surface area contributed by atoms with Crippen LogP contribution in [0.3, 0.4) is 0 Å². The molecular formula is C28H41N3O8. The maximum absolute atomic E-state index is 13.5. The van der Waals surface area contributed by atoms with Crippen LogP contribution in [0.4, 0.5) is 0 Å². The van der Waals surface area contributed by atoms with E-state index in [1.54, 1.807) is 23.1 Å². The third-order valence-electron chi connectivity index (χ3n) is 7.68. The van der Waals surface area contributed by atoms with Crippen LogP contribution < -0.4 is 14.8 Å². The molecule has 1 fully saturated rings. The third kappa shape index (κ3) is 6.38. The van der Waals surface area contributed by atoms with Crippen LogP contribution in [0.25, 0.3) is 0 Å². The molecule has 4 N–H and O–H groups in total. The fraction of sp³-hybridized carbons (Fsp3) is 0.643. The van der Waals surface area contributed by atoms with Crippen molar-refractivity contribution in [3.8, 4) is 11.5 Å². The zero-order valence-electron chi connectivity index (χ0n) is 22.8. The lowest BCUT2D eigenvalue weighted by Crippen LogP contribution is -2.57. The van der Waals surface area contributed by atoms with Gasteiger partial charge in [0, 0.05) is 50.3 Å². The van der Waals surface area contributed by atoms with Gasteiger partial charge >= 0.3 is 0 Å². The van der Waals surface area contributed by atoms with Crippen LogP contribution in [0.2, 0.25) is 0 Å². The van der Waals surface area contributed by atoms with E-state index >= 15 is 0 Å². The van der Waals surface area contributed by atoms with Crippen LogP contribution in [0, 0.1) is 0 Å². The zero-order valence-corrected chi connectivity index (χ0v) is 22.8. The first kappa shape index (κ1) is 29.3. The number of nitrogens with one attached hydrogen (secondary N) is 1. The van der Waals surface area contributed by atoms with E-state index in [1.165, 1.54) is 7.11 Å². The Bertz CT molecular complexity index is 1040. The van der Waals surface area contributed by atoms with Crippen LogP contribution >= 0.6 is 0 Å². The van der Waals surface area contributed by atoms with Crippen molar-refractivity contribution in [2.75, 3.05) is 59.7 Å². The molecule has 1 saturated heterocycles. The monoisotopic (exact) mass is 547 g/mol. The van der Waals surface area contributed by atoms with E-state index in [1.807, 2.05) is 6.92 Å². The molecule has 2 amide bonds. The largest absolute Gasteiger partial charge is 0.493 e. The molecule has 0 radical (unpaired) electrons. The molecule has 2 aliphatic heterocycles. The van der Waals surface area contributed by atoms with Crippen molar-refractivity contribution in [1.82, 2.24) is 15.1 Å². The maximum Gasteiger partial charge on any atom is 0.247 e. The van der Waals surface area contributed by atoms with Crippen LogP contribution in [0.15, 0.2) is 23.8 Å². The highest BCUT2D eigenvalue weighted by atomic mass is 16.5. The van der Waals surface area contributed by atoms with Crippen LogP contribution in [-0.2, 0) is 20.9 Å². The van der Waals surface area contributed by atoms with Gasteiger partial charge in [-0.15, -0.1) is 0 Å². The van der Waals surface area contributed by atoms with Gasteiger partial charge in [0.2, 0.25) is 11.8 Å². The lowest BCUT2D eigenvalue weighted by atomic mass is 9.77. The first-order valence-corrected chi connectivity index (χ1v) is 13.8. The molecule has 11 nitrogen and oxygen atoms in total. The second-order valence-corrected chi connectivity index (χ2v) is 10.2. The molecule has 3 aliphatic rings. The molecular weight excluding hydrogens is 506 g/mol. The Morgan fingerprint density at radius 1 is 1.23 bits per heavy atom. The van der Waals surface area contributed by atoms with Gasteiger partial charge in [-0.05, 0) is 30.2 Å². The highest BCUT2D eigenvalue weighted by molar-refractivity contribution is 5.96. The number of amides is 2. The number of aliphatic hydroxyl groups is 3. The summed E-state index contributed by atoms with van der Waals surface area (Å²) in [5, 5.41) is 33.6. The summed E-state index contributed by atoms with van der Waals surface area (Å²) in [5.74, 6) is -0.336. The number of carbonyl (C=O) groups excluding carboxylic acids is 2. The first-order chi connectivity index (χ1) is 18.9. The molecule has 1 aliphatic carbocycles. The summed E-state index contributed by atoms with van der Waals surface area (Å²) in [5.41, 5.74) is 1.56. The average Bonchev–Trinajstić information content (AvgIpc) is 3.35. The predicted molar refractivity (Wildman–Crippen MR) is 143 cm³/mol. The van der Waals surface area contributed by atoms with Gasteiger partial charge in [-0.1, -0.05) is 13.3 Å². The summed E-state index contributed by atoms with van der Waals surface area (Å²) < 4.78 is 17.2. The van der Waals surface area contributed by atoms with Crippen LogP contribution in [-0.4, -0.2) is 115 Å². The fourth-order valence-electron chi connectivity index (χ4n) is 5.60. The van der Waals surface area contributed by atoms with Crippen molar-refractivity contribution in [2.24, 2.45) is 0 Å². The molecule has 0 aromatic heterocycles. The first-order valence-electron chi connectivity index (χ1n) is 13.8. The van der Waals surface area contributed by atoms with Gasteiger partial charge in [-0.2, -0.15) is 0 Å². The SMILES string of the molecule is CCCCC(=O)N(CCN1CCOCC1)C1C=C(C(=O)NCCO)C2c3cc(CO)cc(OC)c3OC2C1O. The molecule has 4 rings (SSSR count). The van der Waals surface area contributed by atoms with E-state index in [9.17, 15) is 24.9 Å². The van der Waals surface area contributed by atoms with E-state index in [0.29, 0.717) is 60.9 Å². The lowest BCUT2D eigenvalue weighted by Gasteiger charge is -2.41. The number of carbonyl (C=O) groups is 2. The minimum atomic E-state index is -1.12. The topological polar surface area (TPSA) is 141 Å². The quantitative estimate of drug-likeness (QED) is 0.288. The Morgan fingerprint density at radius 2 is 2.00 bits per heavy atom. The number of benzene rings is 1. The van der Waals surface area contributed by atoms with Gasteiger partial charge in [-0.3, -0.25) is 14.5 Å². The molecule has 0 bridgehead atoms. The molecule has 4 unspecified atom stereocenters. The number of hydrogen-bond acceptors (Lipinski definition) is 9. The Balaban J connectivity index is 1.72.